The van der Waals surface area contributed by atoms with E-state index in [1.807, 2.05) is 17.5 Å². The Morgan fingerprint density at radius 3 is 2.75 bits per heavy atom. The summed E-state index contributed by atoms with van der Waals surface area (Å²) >= 11 is 2.89. The van der Waals surface area contributed by atoms with Crippen LogP contribution < -0.4 is 5.32 Å². The Bertz CT molecular complexity index is 935. The van der Waals surface area contributed by atoms with Crippen LogP contribution in [0.1, 0.15) is 37.0 Å². The fourth-order valence-electron chi connectivity index (χ4n) is 3.45. The van der Waals surface area contributed by atoms with E-state index in [1.54, 1.807) is 11.3 Å². The molecule has 1 fully saturated rings. The number of nitrogens with one attached hydrogen (secondary N) is 1. The molecule has 0 saturated heterocycles. The van der Waals surface area contributed by atoms with E-state index in [2.05, 4.69) is 5.32 Å². The van der Waals surface area contributed by atoms with Crippen LogP contribution in [0.2, 0.25) is 0 Å². The van der Waals surface area contributed by atoms with E-state index in [1.165, 1.54) is 18.2 Å². The molecule has 0 bridgehead atoms. The Labute approximate surface area is 170 Å². The van der Waals surface area contributed by atoms with Crippen molar-refractivity contribution in [2.24, 2.45) is 9.98 Å². The average Bonchev–Trinajstić information content (AvgIpc) is 3.32. The number of anilines is 1. The molecule has 0 atom stereocenters. The second-order valence-electron chi connectivity index (χ2n) is 6.86. The number of halogens is 2. The summed E-state index contributed by atoms with van der Waals surface area (Å²) in [4.78, 5) is 23.2. The minimum Gasteiger partial charge on any atom is -0.323 e. The highest BCUT2D eigenvalue weighted by Crippen LogP contribution is 2.39. The van der Waals surface area contributed by atoms with E-state index in [0.29, 0.717) is 0 Å². The molecule has 1 aliphatic heterocycles. The zero-order chi connectivity index (χ0) is 19.6. The maximum Gasteiger partial charge on any atom is 0.234 e. The van der Waals surface area contributed by atoms with Gasteiger partial charge in [-0.05, 0) is 49.3 Å². The molecule has 1 aliphatic carbocycles. The van der Waals surface area contributed by atoms with Gasteiger partial charge in [0.25, 0.3) is 0 Å². The summed E-state index contributed by atoms with van der Waals surface area (Å²) in [6.07, 6.45) is 5.24. The lowest BCUT2D eigenvalue weighted by Gasteiger charge is -2.27. The van der Waals surface area contributed by atoms with Gasteiger partial charge in [-0.25, -0.2) is 13.8 Å². The first kappa shape index (κ1) is 19.3. The van der Waals surface area contributed by atoms with Crippen LogP contribution in [0, 0.1) is 11.6 Å². The van der Waals surface area contributed by atoms with Crippen molar-refractivity contribution in [2.75, 3.05) is 11.1 Å². The van der Waals surface area contributed by atoms with Crippen molar-refractivity contribution in [3.05, 3.63) is 52.2 Å². The first-order chi connectivity index (χ1) is 13.5. The molecule has 1 amide bonds. The number of benzene rings is 1. The number of aliphatic imine (C=N–C) groups is 2. The maximum atomic E-state index is 13.7. The van der Waals surface area contributed by atoms with Gasteiger partial charge in [0, 0.05) is 6.07 Å². The highest BCUT2D eigenvalue weighted by atomic mass is 32.2. The first-order valence-electron chi connectivity index (χ1n) is 9.16. The van der Waals surface area contributed by atoms with Gasteiger partial charge >= 0.3 is 0 Å². The Kier molecular flexibility index (Phi) is 5.59. The molecule has 1 spiro atoms. The van der Waals surface area contributed by atoms with Crippen LogP contribution in [0.25, 0.3) is 0 Å². The van der Waals surface area contributed by atoms with Crippen molar-refractivity contribution >= 4 is 45.4 Å². The number of hydrogen-bond donors (Lipinski definition) is 1. The molecule has 4 rings (SSSR count). The lowest BCUT2D eigenvalue weighted by atomic mass is 9.90. The van der Waals surface area contributed by atoms with Gasteiger partial charge in [0.15, 0.2) is 5.66 Å². The van der Waals surface area contributed by atoms with E-state index in [0.717, 1.165) is 59.5 Å². The third kappa shape index (κ3) is 4.17. The Morgan fingerprint density at radius 2 is 2.00 bits per heavy atom. The summed E-state index contributed by atoms with van der Waals surface area (Å²) in [5, 5.41) is 5.17. The number of hydrogen-bond acceptors (Lipinski definition) is 5. The highest BCUT2D eigenvalue weighted by Gasteiger charge is 2.38. The SMILES string of the molecule is O=C(CSC1=NC2(CCCCC2)N=C1c1cccs1)Nc1cc(F)ccc1F. The van der Waals surface area contributed by atoms with Crippen molar-refractivity contribution in [2.45, 2.75) is 37.8 Å². The van der Waals surface area contributed by atoms with E-state index < -0.39 is 23.2 Å². The van der Waals surface area contributed by atoms with Crippen molar-refractivity contribution in [1.82, 2.24) is 0 Å². The van der Waals surface area contributed by atoms with Crippen LogP contribution in [0.3, 0.4) is 0 Å². The molecule has 28 heavy (non-hydrogen) atoms. The predicted octanol–water partition coefficient (Wildman–Crippen LogP) is 5.26. The van der Waals surface area contributed by atoms with Crippen LogP contribution >= 0.6 is 23.1 Å². The Balaban J connectivity index is 1.48. The second kappa shape index (κ2) is 8.13. The fraction of sp³-hybridized carbons (Fsp3) is 0.350. The van der Waals surface area contributed by atoms with Gasteiger partial charge in [0.1, 0.15) is 22.4 Å². The largest absolute Gasteiger partial charge is 0.323 e. The smallest absolute Gasteiger partial charge is 0.234 e. The van der Waals surface area contributed by atoms with Crippen molar-refractivity contribution in [1.29, 1.82) is 0 Å². The molecule has 0 unspecified atom stereocenters. The molecule has 8 heteroatoms. The molecular formula is C20H19F2N3OS2. The van der Waals surface area contributed by atoms with Gasteiger partial charge in [-0.1, -0.05) is 24.2 Å². The molecular weight excluding hydrogens is 400 g/mol. The van der Waals surface area contributed by atoms with Crippen LogP contribution in [-0.2, 0) is 4.79 Å². The summed E-state index contributed by atoms with van der Waals surface area (Å²) in [5.41, 5.74) is 0.284. The first-order valence-corrected chi connectivity index (χ1v) is 11.0. The second-order valence-corrected chi connectivity index (χ2v) is 8.77. The quantitative estimate of drug-likeness (QED) is 0.735. The molecule has 1 saturated carbocycles. The molecule has 2 aliphatic rings. The number of rotatable bonds is 4. The molecule has 1 aromatic heterocycles. The van der Waals surface area contributed by atoms with E-state index in [4.69, 9.17) is 9.98 Å². The van der Waals surface area contributed by atoms with Crippen LogP contribution in [0.5, 0.6) is 0 Å². The molecule has 2 heterocycles. The summed E-state index contributed by atoms with van der Waals surface area (Å²) in [7, 11) is 0. The summed E-state index contributed by atoms with van der Waals surface area (Å²) in [6.45, 7) is 0. The standard InChI is InChI=1S/C20H19F2N3OS2/c21-13-6-7-14(22)15(11-13)23-17(26)12-28-19-18(16-5-4-10-27-16)24-20(25-19)8-2-1-3-9-20/h4-7,10-11H,1-3,8-9,12H2,(H,23,26). The number of carbonyl (C=O) groups excluding carboxylic acids is 1. The summed E-state index contributed by atoms with van der Waals surface area (Å²) < 4.78 is 27.0. The highest BCUT2D eigenvalue weighted by molar-refractivity contribution is 8.16. The number of carbonyl (C=O) groups is 1. The number of thioether (sulfide) groups is 1. The van der Waals surface area contributed by atoms with Crippen molar-refractivity contribution < 1.29 is 13.6 Å². The van der Waals surface area contributed by atoms with Crippen molar-refractivity contribution in [3.8, 4) is 0 Å². The zero-order valence-corrected chi connectivity index (χ0v) is 16.7. The number of thiophene rings is 1. The molecule has 0 radical (unpaired) electrons. The predicted molar refractivity (Wildman–Crippen MR) is 112 cm³/mol. The third-order valence-electron chi connectivity index (χ3n) is 4.78. The van der Waals surface area contributed by atoms with Gasteiger partial charge in [0.05, 0.1) is 16.3 Å². The average molecular weight is 420 g/mol. The van der Waals surface area contributed by atoms with Gasteiger partial charge in [0.2, 0.25) is 5.91 Å². The normalized spacial score (nSPS) is 18.1. The van der Waals surface area contributed by atoms with E-state index >= 15 is 0 Å². The summed E-state index contributed by atoms with van der Waals surface area (Å²) in [5.74, 6) is -1.63. The molecule has 1 aromatic carbocycles. The van der Waals surface area contributed by atoms with Gasteiger partial charge in [-0.3, -0.25) is 9.79 Å². The minimum atomic E-state index is -0.667. The van der Waals surface area contributed by atoms with Crippen LogP contribution in [-0.4, -0.2) is 28.1 Å². The lowest BCUT2D eigenvalue weighted by Crippen LogP contribution is -2.25. The molecule has 4 nitrogen and oxygen atoms in total. The van der Waals surface area contributed by atoms with Gasteiger partial charge in [-0.2, -0.15) is 0 Å². The third-order valence-corrected chi connectivity index (χ3v) is 6.62. The molecule has 1 N–H and O–H groups in total. The number of nitrogens with zero attached hydrogens (tertiary/aromatic N) is 2. The van der Waals surface area contributed by atoms with Gasteiger partial charge in [-0.15, -0.1) is 11.3 Å². The topological polar surface area (TPSA) is 53.8 Å². The zero-order valence-electron chi connectivity index (χ0n) is 15.1. The minimum absolute atomic E-state index is 0.0509. The molecule has 146 valence electrons. The summed E-state index contributed by atoms with van der Waals surface area (Å²) in [6, 6.07) is 6.95. The lowest BCUT2D eigenvalue weighted by molar-refractivity contribution is -0.113. The number of amides is 1. The van der Waals surface area contributed by atoms with Gasteiger partial charge < -0.3 is 5.32 Å². The monoisotopic (exact) mass is 419 g/mol. The van der Waals surface area contributed by atoms with Crippen molar-refractivity contribution in [3.63, 3.8) is 0 Å². The van der Waals surface area contributed by atoms with Crippen LogP contribution in [0.15, 0.2) is 45.7 Å². The van der Waals surface area contributed by atoms with E-state index in [9.17, 15) is 13.6 Å². The Hall–Kier alpha value is -2.06. The molecule has 2 aromatic rings. The maximum absolute atomic E-state index is 13.7. The van der Waals surface area contributed by atoms with Crippen LogP contribution in [0.4, 0.5) is 14.5 Å². The Morgan fingerprint density at radius 1 is 1.18 bits per heavy atom. The fourth-order valence-corrected chi connectivity index (χ4v) is 5.10. The van der Waals surface area contributed by atoms with E-state index in [-0.39, 0.29) is 11.4 Å².